The lowest BCUT2D eigenvalue weighted by molar-refractivity contribution is 0.0597. The molecule has 0 unspecified atom stereocenters. The number of aryl methyl sites for hydroxylation is 1. The highest BCUT2D eigenvalue weighted by Gasteiger charge is 2.18. The molecule has 0 atom stereocenters. The minimum Gasteiger partial charge on any atom is -0.465 e. The monoisotopic (exact) mass is 326 g/mol. The number of fused-ring (bicyclic) bond motifs is 1. The lowest BCUT2D eigenvalue weighted by Crippen LogP contribution is -2.16. The third-order valence-corrected chi connectivity index (χ3v) is 4.35. The van der Waals surface area contributed by atoms with Gasteiger partial charge in [-0.3, -0.25) is 10.1 Å². The Morgan fingerprint density at radius 2 is 1.83 bits per heavy atom. The van der Waals surface area contributed by atoms with E-state index in [1.165, 1.54) is 18.4 Å². The zero-order chi connectivity index (χ0) is 16.4. The molecule has 0 bridgehead atoms. The van der Waals surface area contributed by atoms with Crippen LogP contribution in [0.25, 0.3) is 10.2 Å². The molecule has 0 saturated carbocycles. The molecule has 2 aromatic carbocycles. The van der Waals surface area contributed by atoms with Gasteiger partial charge in [0, 0.05) is 0 Å². The van der Waals surface area contributed by atoms with E-state index in [-0.39, 0.29) is 17.0 Å². The van der Waals surface area contributed by atoms with Gasteiger partial charge < -0.3 is 4.74 Å². The Kier molecular flexibility index (Phi) is 4.08. The van der Waals surface area contributed by atoms with Gasteiger partial charge in [0.1, 0.15) is 0 Å². The lowest BCUT2D eigenvalue weighted by atomic mass is 10.1. The molecule has 23 heavy (non-hydrogen) atoms. The summed E-state index contributed by atoms with van der Waals surface area (Å²) in [4.78, 5) is 28.7. The first-order valence-electron chi connectivity index (χ1n) is 6.95. The lowest BCUT2D eigenvalue weighted by Gasteiger charge is -2.06. The second kappa shape index (κ2) is 6.18. The van der Waals surface area contributed by atoms with Gasteiger partial charge in [0.15, 0.2) is 5.13 Å². The van der Waals surface area contributed by atoms with E-state index in [0.717, 1.165) is 15.8 Å². The van der Waals surface area contributed by atoms with Crippen LogP contribution in [0.5, 0.6) is 0 Å². The van der Waals surface area contributed by atoms with Crippen LogP contribution in [0.2, 0.25) is 0 Å². The first-order valence-corrected chi connectivity index (χ1v) is 7.76. The highest BCUT2D eigenvalue weighted by Crippen LogP contribution is 2.28. The Morgan fingerprint density at radius 1 is 1.09 bits per heavy atom. The van der Waals surface area contributed by atoms with E-state index in [4.69, 9.17) is 4.74 Å². The van der Waals surface area contributed by atoms with E-state index >= 15 is 0 Å². The van der Waals surface area contributed by atoms with E-state index in [1.54, 1.807) is 24.3 Å². The van der Waals surface area contributed by atoms with Crippen LogP contribution in [0.1, 0.15) is 26.3 Å². The van der Waals surface area contributed by atoms with Crippen molar-refractivity contribution >= 4 is 38.6 Å². The number of benzene rings is 2. The average molecular weight is 326 g/mol. The predicted octanol–water partition coefficient (Wildman–Crippen LogP) is 3.64. The molecule has 1 amide bonds. The van der Waals surface area contributed by atoms with Gasteiger partial charge in [-0.25, -0.2) is 9.78 Å². The normalized spacial score (nSPS) is 10.5. The van der Waals surface area contributed by atoms with Crippen molar-refractivity contribution in [3.8, 4) is 0 Å². The van der Waals surface area contributed by atoms with Crippen LogP contribution in [0.3, 0.4) is 0 Å². The highest BCUT2D eigenvalue weighted by molar-refractivity contribution is 7.22. The predicted molar refractivity (Wildman–Crippen MR) is 90.1 cm³/mol. The molecule has 3 aromatic rings. The molecule has 1 N–H and O–H groups in total. The van der Waals surface area contributed by atoms with Crippen molar-refractivity contribution in [3.63, 3.8) is 0 Å². The number of carbonyl (C=O) groups is 2. The molecule has 0 aliphatic heterocycles. The molecule has 6 heteroatoms. The van der Waals surface area contributed by atoms with Gasteiger partial charge in [0.2, 0.25) is 0 Å². The zero-order valence-electron chi connectivity index (χ0n) is 12.6. The number of nitrogens with zero attached hydrogens (tertiary/aromatic N) is 1. The van der Waals surface area contributed by atoms with E-state index in [0.29, 0.717) is 5.13 Å². The molecule has 0 radical (unpaired) electrons. The topological polar surface area (TPSA) is 68.3 Å². The summed E-state index contributed by atoms with van der Waals surface area (Å²) in [7, 11) is 1.29. The van der Waals surface area contributed by atoms with Crippen molar-refractivity contribution in [1.29, 1.82) is 0 Å². The number of para-hydroxylation sites is 1. The molecular weight excluding hydrogens is 312 g/mol. The summed E-state index contributed by atoms with van der Waals surface area (Å²) in [5, 5.41) is 3.25. The number of carbonyl (C=O) groups excluding carboxylic acids is 2. The van der Waals surface area contributed by atoms with E-state index in [9.17, 15) is 9.59 Å². The van der Waals surface area contributed by atoms with Crippen LogP contribution in [-0.2, 0) is 4.74 Å². The third-order valence-electron chi connectivity index (χ3n) is 3.42. The second-order valence-electron chi connectivity index (χ2n) is 4.93. The number of rotatable bonds is 3. The van der Waals surface area contributed by atoms with Crippen LogP contribution in [0.15, 0.2) is 42.5 Å². The fourth-order valence-corrected chi connectivity index (χ4v) is 3.21. The van der Waals surface area contributed by atoms with Crippen molar-refractivity contribution in [2.45, 2.75) is 6.92 Å². The summed E-state index contributed by atoms with van der Waals surface area (Å²) >= 11 is 1.40. The molecule has 0 aliphatic rings. The summed E-state index contributed by atoms with van der Waals surface area (Å²) in [6, 6.07) is 12.4. The summed E-state index contributed by atoms with van der Waals surface area (Å²) < 4.78 is 5.71. The number of ether oxygens (including phenoxy) is 1. The molecule has 0 spiro atoms. The number of anilines is 1. The van der Waals surface area contributed by atoms with Gasteiger partial charge >= 0.3 is 5.97 Å². The molecule has 0 saturated heterocycles. The standard InChI is InChI=1S/C17H14N2O3S/c1-10-6-5-9-13-14(10)18-17(23-13)19-15(20)11-7-3-4-8-12(11)16(21)22-2/h3-9H,1-2H3,(H,18,19,20). The van der Waals surface area contributed by atoms with Crippen LogP contribution in [0, 0.1) is 6.92 Å². The maximum Gasteiger partial charge on any atom is 0.338 e. The maximum atomic E-state index is 12.5. The molecular formula is C17H14N2O3S. The summed E-state index contributed by atoms with van der Waals surface area (Å²) in [5.74, 6) is -0.932. The van der Waals surface area contributed by atoms with Crippen molar-refractivity contribution in [3.05, 3.63) is 59.2 Å². The molecule has 3 rings (SSSR count). The number of thiazole rings is 1. The van der Waals surface area contributed by atoms with Gasteiger partial charge in [0.25, 0.3) is 5.91 Å². The van der Waals surface area contributed by atoms with Crippen LogP contribution >= 0.6 is 11.3 Å². The van der Waals surface area contributed by atoms with Gasteiger partial charge in [-0.1, -0.05) is 35.6 Å². The molecule has 0 fully saturated rings. The number of aromatic nitrogens is 1. The van der Waals surface area contributed by atoms with Crippen LogP contribution in [0.4, 0.5) is 5.13 Å². The van der Waals surface area contributed by atoms with Gasteiger partial charge in [-0.05, 0) is 30.7 Å². The zero-order valence-corrected chi connectivity index (χ0v) is 13.4. The summed E-state index contributed by atoms with van der Waals surface area (Å²) in [5.41, 5.74) is 2.41. The Hall–Kier alpha value is -2.73. The van der Waals surface area contributed by atoms with Gasteiger partial charge in [-0.2, -0.15) is 0 Å². The first kappa shape index (κ1) is 15.2. The third kappa shape index (κ3) is 2.93. The van der Waals surface area contributed by atoms with Crippen molar-refractivity contribution in [2.75, 3.05) is 12.4 Å². The van der Waals surface area contributed by atoms with Crippen molar-refractivity contribution in [2.24, 2.45) is 0 Å². The largest absolute Gasteiger partial charge is 0.465 e. The number of methoxy groups -OCH3 is 1. The minimum absolute atomic E-state index is 0.227. The molecule has 1 aromatic heterocycles. The summed E-state index contributed by atoms with van der Waals surface area (Å²) in [6.07, 6.45) is 0. The van der Waals surface area contributed by atoms with E-state index in [1.807, 2.05) is 25.1 Å². The molecule has 116 valence electrons. The van der Waals surface area contributed by atoms with Gasteiger partial charge in [-0.15, -0.1) is 0 Å². The van der Waals surface area contributed by atoms with Crippen LogP contribution < -0.4 is 5.32 Å². The molecule has 0 aliphatic carbocycles. The second-order valence-corrected chi connectivity index (χ2v) is 5.96. The van der Waals surface area contributed by atoms with Crippen molar-refractivity contribution in [1.82, 2.24) is 4.98 Å². The minimum atomic E-state index is -0.545. The Morgan fingerprint density at radius 3 is 2.52 bits per heavy atom. The number of nitrogens with one attached hydrogen (secondary N) is 1. The van der Waals surface area contributed by atoms with Gasteiger partial charge in [0.05, 0.1) is 28.5 Å². The number of hydrogen-bond acceptors (Lipinski definition) is 5. The molecule has 5 nitrogen and oxygen atoms in total. The van der Waals surface area contributed by atoms with E-state index in [2.05, 4.69) is 10.3 Å². The summed E-state index contributed by atoms with van der Waals surface area (Å²) in [6.45, 7) is 1.97. The average Bonchev–Trinajstić information content (AvgIpc) is 2.98. The molecule has 1 heterocycles. The highest BCUT2D eigenvalue weighted by atomic mass is 32.1. The number of amides is 1. The smallest absolute Gasteiger partial charge is 0.338 e. The number of esters is 1. The SMILES string of the molecule is COC(=O)c1ccccc1C(=O)Nc1nc2c(C)cccc2s1. The van der Waals surface area contributed by atoms with E-state index < -0.39 is 5.97 Å². The van der Waals surface area contributed by atoms with Crippen molar-refractivity contribution < 1.29 is 14.3 Å². The fourth-order valence-electron chi connectivity index (χ4n) is 2.27. The van der Waals surface area contributed by atoms with Crippen LogP contribution in [-0.4, -0.2) is 24.0 Å². The quantitative estimate of drug-likeness (QED) is 0.746. The number of hydrogen-bond donors (Lipinski definition) is 1. The Labute approximate surface area is 136 Å². The fraction of sp³-hybridized carbons (Fsp3) is 0.118. The first-order chi connectivity index (χ1) is 11.1. The Balaban J connectivity index is 1.92. The Bertz CT molecular complexity index is 902. The maximum absolute atomic E-state index is 12.5.